The lowest BCUT2D eigenvalue weighted by molar-refractivity contribution is -0.0124. The molecule has 2 heteroatoms. The van der Waals surface area contributed by atoms with E-state index in [9.17, 15) is 0 Å². The van der Waals surface area contributed by atoms with E-state index in [2.05, 4.69) is 33.0 Å². The van der Waals surface area contributed by atoms with Gasteiger partial charge in [0.05, 0.1) is 5.60 Å². The molecular formula is C12H25NO. The Bertz CT molecular complexity index is 183. The van der Waals surface area contributed by atoms with Crippen molar-refractivity contribution >= 4 is 0 Å². The summed E-state index contributed by atoms with van der Waals surface area (Å²) >= 11 is 0. The van der Waals surface area contributed by atoms with Gasteiger partial charge in [0.2, 0.25) is 0 Å². The molecule has 0 aliphatic carbocycles. The molecule has 1 heterocycles. The van der Waals surface area contributed by atoms with Gasteiger partial charge in [-0.15, -0.1) is 0 Å². The van der Waals surface area contributed by atoms with Gasteiger partial charge in [-0.25, -0.2) is 0 Å². The van der Waals surface area contributed by atoms with Gasteiger partial charge in [0.25, 0.3) is 0 Å². The molecule has 0 amide bonds. The molecule has 0 radical (unpaired) electrons. The quantitative estimate of drug-likeness (QED) is 0.734. The van der Waals surface area contributed by atoms with Gasteiger partial charge < -0.3 is 10.1 Å². The van der Waals surface area contributed by atoms with Crippen LogP contribution in [0.1, 0.15) is 40.5 Å². The van der Waals surface area contributed by atoms with Crippen LogP contribution in [0.2, 0.25) is 0 Å². The van der Waals surface area contributed by atoms with Crippen molar-refractivity contribution in [2.24, 2.45) is 11.3 Å². The Morgan fingerprint density at radius 3 is 2.21 bits per heavy atom. The monoisotopic (exact) mass is 199 g/mol. The predicted molar refractivity (Wildman–Crippen MR) is 60.5 cm³/mol. The summed E-state index contributed by atoms with van der Waals surface area (Å²) in [5.41, 5.74) is 0.577. The minimum atomic E-state index is 0.0392. The highest BCUT2D eigenvalue weighted by molar-refractivity contribution is 4.95. The normalized spacial score (nSPS) is 21.0. The van der Waals surface area contributed by atoms with E-state index in [4.69, 9.17) is 4.74 Å². The molecule has 0 unspecified atom stereocenters. The Kier molecular flexibility index (Phi) is 3.59. The van der Waals surface area contributed by atoms with E-state index in [0.29, 0.717) is 5.41 Å². The molecule has 1 saturated heterocycles. The molecular weight excluding hydrogens is 174 g/mol. The van der Waals surface area contributed by atoms with Crippen molar-refractivity contribution < 1.29 is 4.74 Å². The maximum absolute atomic E-state index is 5.46. The zero-order valence-corrected chi connectivity index (χ0v) is 10.3. The van der Waals surface area contributed by atoms with Gasteiger partial charge in [0.1, 0.15) is 0 Å². The largest absolute Gasteiger partial charge is 0.379 e. The Balaban J connectivity index is 2.43. The van der Waals surface area contributed by atoms with Gasteiger partial charge in [0.15, 0.2) is 0 Å². The number of ether oxygens (including phenoxy) is 1. The molecule has 1 fully saturated rings. The Labute approximate surface area is 88.4 Å². The van der Waals surface area contributed by atoms with Crippen LogP contribution in [0, 0.1) is 11.3 Å². The maximum atomic E-state index is 5.46. The number of rotatable bonds is 5. The van der Waals surface area contributed by atoms with E-state index in [1.54, 1.807) is 7.11 Å². The summed E-state index contributed by atoms with van der Waals surface area (Å²) in [6.07, 6.45) is 2.43. The van der Waals surface area contributed by atoms with Crippen LogP contribution in [-0.4, -0.2) is 25.8 Å². The summed E-state index contributed by atoms with van der Waals surface area (Å²) in [6.45, 7) is 11.4. The average molecular weight is 199 g/mol. The standard InChI is InChI=1S/C12H25NO/c1-10(2)12(8-13-9-12)7-6-11(3,4)14-5/h10,13H,6-9H2,1-5H3. The van der Waals surface area contributed by atoms with E-state index in [1.165, 1.54) is 19.5 Å². The first-order chi connectivity index (χ1) is 6.42. The fraction of sp³-hybridized carbons (Fsp3) is 1.00. The highest BCUT2D eigenvalue weighted by atomic mass is 16.5. The van der Waals surface area contributed by atoms with Crippen LogP contribution in [0.4, 0.5) is 0 Å². The van der Waals surface area contributed by atoms with Gasteiger partial charge in [-0.05, 0) is 38.0 Å². The van der Waals surface area contributed by atoms with Crippen molar-refractivity contribution in [3.63, 3.8) is 0 Å². The van der Waals surface area contributed by atoms with E-state index < -0.39 is 0 Å². The lowest BCUT2D eigenvalue weighted by Crippen LogP contribution is -2.56. The zero-order valence-electron chi connectivity index (χ0n) is 10.3. The molecule has 1 aliphatic rings. The van der Waals surface area contributed by atoms with Crippen molar-refractivity contribution in [3.05, 3.63) is 0 Å². The second kappa shape index (κ2) is 4.19. The Morgan fingerprint density at radius 1 is 1.36 bits per heavy atom. The average Bonchev–Trinajstić information content (AvgIpc) is 2.01. The number of hydrogen-bond acceptors (Lipinski definition) is 2. The van der Waals surface area contributed by atoms with E-state index in [0.717, 1.165) is 12.3 Å². The second-order valence-electron chi connectivity index (χ2n) is 5.58. The SMILES string of the molecule is COC(C)(C)CCC1(C(C)C)CNC1. The lowest BCUT2D eigenvalue weighted by atomic mass is 9.68. The number of nitrogens with one attached hydrogen (secondary N) is 1. The zero-order chi connectivity index (χ0) is 10.8. The third-order valence-electron chi connectivity index (χ3n) is 3.96. The predicted octanol–water partition coefficient (Wildman–Crippen LogP) is 2.44. The Morgan fingerprint density at radius 2 is 1.93 bits per heavy atom. The summed E-state index contributed by atoms with van der Waals surface area (Å²) in [6, 6.07) is 0. The van der Waals surface area contributed by atoms with Gasteiger partial charge >= 0.3 is 0 Å². The summed E-state index contributed by atoms with van der Waals surface area (Å²) in [5.74, 6) is 0.774. The maximum Gasteiger partial charge on any atom is 0.0623 e. The van der Waals surface area contributed by atoms with Crippen molar-refractivity contribution in [3.8, 4) is 0 Å². The van der Waals surface area contributed by atoms with E-state index >= 15 is 0 Å². The van der Waals surface area contributed by atoms with Crippen LogP contribution in [0.3, 0.4) is 0 Å². The van der Waals surface area contributed by atoms with Gasteiger partial charge in [-0.1, -0.05) is 13.8 Å². The van der Waals surface area contributed by atoms with Gasteiger partial charge in [0, 0.05) is 20.2 Å². The first kappa shape index (κ1) is 12.0. The third kappa shape index (κ3) is 2.48. The molecule has 0 atom stereocenters. The van der Waals surface area contributed by atoms with Crippen LogP contribution in [-0.2, 0) is 4.74 Å². The van der Waals surface area contributed by atoms with E-state index in [1.807, 2.05) is 0 Å². The lowest BCUT2D eigenvalue weighted by Gasteiger charge is -2.47. The summed E-state index contributed by atoms with van der Waals surface area (Å²) in [5, 5.41) is 3.40. The Hall–Kier alpha value is -0.0800. The first-order valence-corrected chi connectivity index (χ1v) is 5.68. The van der Waals surface area contributed by atoms with Crippen LogP contribution in [0.5, 0.6) is 0 Å². The summed E-state index contributed by atoms with van der Waals surface area (Å²) in [7, 11) is 1.81. The minimum absolute atomic E-state index is 0.0392. The molecule has 1 aliphatic heterocycles. The summed E-state index contributed by atoms with van der Waals surface area (Å²) < 4.78 is 5.46. The van der Waals surface area contributed by atoms with Crippen LogP contribution < -0.4 is 5.32 Å². The van der Waals surface area contributed by atoms with Crippen molar-refractivity contribution in [2.45, 2.75) is 46.1 Å². The van der Waals surface area contributed by atoms with Crippen molar-refractivity contribution in [1.82, 2.24) is 5.32 Å². The highest BCUT2D eigenvalue weighted by Crippen LogP contribution is 2.38. The van der Waals surface area contributed by atoms with Crippen LogP contribution in [0.15, 0.2) is 0 Å². The molecule has 0 spiro atoms. The molecule has 84 valence electrons. The van der Waals surface area contributed by atoms with Gasteiger partial charge in [-0.3, -0.25) is 0 Å². The molecule has 0 aromatic heterocycles. The molecule has 0 bridgehead atoms. The highest BCUT2D eigenvalue weighted by Gasteiger charge is 2.40. The molecule has 0 aromatic carbocycles. The molecule has 14 heavy (non-hydrogen) atoms. The molecule has 2 nitrogen and oxygen atoms in total. The fourth-order valence-electron chi connectivity index (χ4n) is 1.97. The van der Waals surface area contributed by atoms with E-state index in [-0.39, 0.29) is 5.60 Å². The molecule has 1 N–H and O–H groups in total. The number of methoxy groups -OCH3 is 1. The van der Waals surface area contributed by atoms with Crippen molar-refractivity contribution in [2.75, 3.05) is 20.2 Å². The smallest absolute Gasteiger partial charge is 0.0623 e. The van der Waals surface area contributed by atoms with Crippen LogP contribution in [0.25, 0.3) is 0 Å². The van der Waals surface area contributed by atoms with Crippen molar-refractivity contribution in [1.29, 1.82) is 0 Å². The van der Waals surface area contributed by atoms with Crippen LogP contribution >= 0.6 is 0 Å². The fourth-order valence-corrected chi connectivity index (χ4v) is 1.97. The second-order valence-corrected chi connectivity index (χ2v) is 5.58. The number of hydrogen-bond donors (Lipinski definition) is 1. The van der Waals surface area contributed by atoms with Gasteiger partial charge in [-0.2, -0.15) is 0 Å². The molecule has 0 saturated carbocycles. The topological polar surface area (TPSA) is 21.3 Å². The first-order valence-electron chi connectivity index (χ1n) is 5.68. The molecule has 0 aromatic rings. The minimum Gasteiger partial charge on any atom is -0.379 e. The third-order valence-corrected chi connectivity index (χ3v) is 3.96. The summed E-state index contributed by atoms with van der Waals surface area (Å²) in [4.78, 5) is 0. The molecule has 1 rings (SSSR count).